The van der Waals surface area contributed by atoms with Gasteiger partial charge in [-0.15, -0.1) is 10.2 Å². The number of thioether (sulfide) groups is 1. The van der Waals surface area contributed by atoms with Gasteiger partial charge in [-0.2, -0.15) is 0 Å². The van der Waals surface area contributed by atoms with Crippen molar-refractivity contribution in [2.45, 2.75) is 38.4 Å². The first-order chi connectivity index (χ1) is 15.0. The average Bonchev–Trinajstić information content (AvgIpc) is 3.53. The lowest BCUT2D eigenvalue weighted by molar-refractivity contribution is 0.0787. The van der Waals surface area contributed by atoms with Crippen molar-refractivity contribution in [2.75, 3.05) is 50.0 Å². The summed E-state index contributed by atoms with van der Waals surface area (Å²) in [6.07, 6.45) is 3.71. The molecule has 4 heterocycles. The largest absolute Gasteiger partial charge is 0.378 e. The molecule has 2 aliphatic heterocycles. The highest BCUT2D eigenvalue weighted by atomic mass is 32.2. The number of nitrogens with zero attached hydrogens (tertiary/aromatic N) is 5. The molecule has 9 nitrogen and oxygen atoms in total. The lowest BCUT2D eigenvalue weighted by Crippen LogP contribution is -2.38. The van der Waals surface area contributed by atoms with Crippen LogP contribution in [0, 0.1) is 5.92 Å². The number of carbonyl (C=O) groups excluding carboxylic acids is 2. The van der Waals surface area contributed by atoms with Gasteiger partial charge in [0.1, 0.15) is 5.69 Å². The first kappa shape index (κ1) is 21.9. The highest BCUT2D eigenvalue weighted by Gasteiger charge is 2.24. The molecule has 0 atom stereocenters. The van der Waals surface area contributed by atoms with Crippen LogP contribution in [0.25, 0.3) is 0 Å². The van der Waals surface area contributed by atoms with E-state index in [0.717, 1.165) is 56.7 Å². The normalized spacial score (nSPS) is 17.0. The van der Waals surface area contributed by atoms with Crippen LogP contribution >= 0.6 is 11.8 Å². The van der Waals surface area contributed by atoms with Gasteiger partial charge in [0.25, 0.3) is 5.91 Å². The molecule has 2 aromatic rings. The van der Waals surface area contributed by atoms with Crippen molar-refractivity contribution in [3.05, 3.63) is 23.5 Å². The van der Waals surface area contributed by atoms with E-state index in [9.17, 15) is 9.59 Å². The molecule has 2 saturated heterocycles. The van der Waals surface area contributed by atoms with E-state index in [0.29, 0.717) is 30.4 Å². The molecule has 1 amide bonds. The van der Waals surface area contributed by atoms with E-state index in [4.69, 9.17) is 4.74 Å². The van der Waals surface area contributed by atoms with Gasteiger partial charge in [0.2, 0.25) is 5.95 Å². The van der Waals surface area contributed by atoms with Gasteiger partial charge in [0.05, 0.1) is 19.0 Å². The fourth-order valence-corrected chi connectivity index (χ4v) is 4.73. The molecule has 2 fully saturated rings. The summed E-state index contributed by atoms with van der Waals surface area (Å²) in [6, 6.07) is 1.67. The Kier molecular flexibility index (Phi) is 6.96. The quantitative estimate of drug-likeness (QED) is 0.491. The molecule has 4 rings (SSSR count). The maximum Gasteiger partial charge on any atom is 0.270 e. The second kappa shape index (κ2) is 9.86. The number of Topliss-reactive ketones (excluding diaryl/α,β-unsaturated/α-hetero) is 1. The van der Waals surface area contributed by atoms with Gasteiger partial charge in [-0.3, -0.25) is 14.2 Å². The van der Waals surface area contributed by atoms with Crippen molar-refractivity contribution in [1.82, 2.24) is 24.6 Å². The summed E-state index contributed by atoms with van der Waals surface area (Å²) in [4.78, 5) is 32.3. The minimum atomic E-state index is -0.0336. The smallest absolute Gasteiger partial charge is 0.270 e. The van der Waals surface area contributed by atoms with Crippen molar-refractivity contribution in [1.29, 1.82) is 0 Å². The third kappa shape index (κ3) is 5.12. The monoisotopic (exact) mass is 446 g/mol. The number of aromatic amines is 1. The second-order valence-electron chi connectivity index (χ2n) is 8.40. The molecule has 0 spiro atoms. The topological polar surface area (TPSA) is 96.4 Å². The van der Waals surface area contributed by atoms with E-state index in [1.165, 1.54) is 11.8 Å². The van der Waals surface area contributed by atoms with Crippen molar-refractivity contribution < 1.29 is 14.3 Å². The van der Waals surface area contributed by atoms with Gasteiger partial charge in [-0.05, 0) is 24.8 Å². The molecule has 2 aromatic heterocycles. The molecule has 168 valence electrons. The molecule has 0 unspecified atom stereocenters. The van der Waals surface area contributed by atoms with Gasteiger partial charge >= 0.3 is 0 Å². The number of amides is 1. The van der Waals surface area contributed by atoms with Crippen LogP contribution in [0.3, 0.4) is 0 Å². The van der Waals surface area contributed by atoms with Crippen LogP contribution in [0.15, 0.2) is 17.4 Å². The number of ether oxygens (including phenoxy) is 1. The molecule has 1 N–H and O–H groups in total. The number of hydrogen-bond acceptors (Lipinski definition) is 7. The maximum atomic E-state index is 12.8. The average molecular weight is 447 g/mol. The third-order valence-electron chi connectivity index (χ3n) is 5.50. The lowest BCUT2D eigenvalue weighted by Gasteiger charge is -2.28. The summed E-state index contributed by atoms with van der Waals surface area (Å²) in [5.74, 6) is 1.45. The number of H-pyrrole nitrogens is 1. The van der Waals surface area contributed by atoms with Gasteiger partial charge < -0.3 is 19.5 Å². The third-order valence-corrected chi connectivity index (χ3v) is 6.47. The molecular weight excluding hydrogens is 416 g/mol. The van der Waals surface area contributed by atoms with Crippen LogP contribution in [-0.2, 0) is 11.3 Å². The highest BCUT2D eigenvalue weighted by molar-refractivity contribution is 7.99. The van der Waals surface area contributed by atoms with Crippen LogP contribution < -0.4 is 4.90 Å². The van der Waals surface area contributed by atoms with Crippen LogP contribution in [0.5, 0.6) is 0 Å². The minimum Gasteiger partial charge on any atom is -0.378 e. The van der Waals surface area contributed by atoms with Gasteiger partial charge in [0, 0.05) is 44.5 Å². The number of rotatable bonds is 8. The zero-order valence-electron chi connectivity index (χ0n) is 18.2. The summed E-state index contributed by atoms with van der Waals surface area (Å²) >= 11 is 1.39. The first-order valence-electron chi connectivity index (χ1n) is 10.9. The Labute approximate surface area is 186 Å². The van der Waals surface area contributed by atoms with Crippen LogP contribution in [0.1, 0.15) is 47.5 Å². The number of ketones is 1. The van der Waals surface area contributed by atoms with Gasteiger partial charge in [0.15, 0.2) is 10.9 Å². The number of carbonyl (C=O) groups is 2. The molecule has 10 heteroatoms. The number of aromatic nitrogens is 4. The van der Waals surface area contributed by atoms with E-state index >= 15 is 0 Å². The SMILES string of the molecule is CC(C)Cn1c(SCC(=O)c2c[nH]c(C(=O)N3CCCC3)c2)nnc1N1CCOCC1. The fourth-order valence-electron chi connectivity index (χ4n) is 3.89. The van der Waals surface area contributed by atoms with Crippen molar-refractivity contribution in [3.63, 3.8) is 0 Å². The van der Waals surface area contributed by atoms with Crippen LogP contribution in [0.4, 0.5) is 5.95 Å². The van der Waals surface area contributed by atoms with E-state index in [2.05, 4.69) is 38.5 Å². The standard InChI is InChI=1S/C21H30N6O3S/c1-15(2)13-27-20(26-7-9-30-10-8-26)23-24-21(27)31-14-18(28)16-11-17(22-12-16)19(29)25-5-3-4-6-25/h11-12,15,22H,3-10,13-14H2,1-2H3. The molecule has 0 aliphatic carbocycles. The summed E-state index contributed by atoms with van der Waals surface area (Å²) in [7, 11) is 0. The molecule has 0 radical (unpaired) electrons. The second-order valence-corrected chi connectivity index (χ2v) is 9.34. The molecular formula is C21H30N6O3S. The molecule has 31 heavy (non-hydrogen) atoms. The zero-order valence-corrected chi connectivity index (χ0v) is 19.0. The number of hydrogen-bond donors (Lipinski definition) is 1. The molecule has 0 bridgehead atoms. The Morgan fingerprint density at radius 3 is 2.61 bits per heavy atom. The van der Waals surface area contributed by atoms with Crippen LogP contribution in [-0.4, -0.2) is 81.5 Å². The van der Waals surface area contributed by atoms with Gasteiger partial charge in [-0.1, -0.05) is 25.6 Å². The van der Waals surface area contributed by atoms with Crippen molar-refractivity contribution >= 4 is 29.4 Å². The van der Waals surface area contributed by atoms with E-state index < -0.39 is 0 Å². The van der Waals surface area contributed by atoms with E-state index in [1.54, 1.807) is 12.3 Å². The van der Waals surface area contributed by atoms with Crippen molar-refractivity contribution in [3.8, 4) is 0 Å². The molecule has 0 aromatic carbocycles. The summed E-state index contributed by atoms with van der Waals surface area (Å²) in [6.45, 7) is 9.61. The van der Waals surface area contributed by atoms with Crippen molar-refractivity contribution in [2.24, 2.45) is 5.92 Å². The number of morpholine rings is 1. The minimum absolute atomic E-state index is 0.0315. The Balaban J connectivity index is 1.42. The van der Waals surface area contributed by atoms with E-state index in [1.807, 2.05) is 4.90 Å². The highest BCUT2D eigenvalue weighted by Crippen LogP contribution is 2.25. The zero-order chi connectivity index (χ0) is 21.8. The Morgan fingerprint density at radius 1 is 1.16 bits per heavy atom. The molecule has 0 saturated carbocycles. The van der Waals surface area contributed by atoms with E-state index in [-0.39, 0.29) is 17.4 Å². The lowest BCUT2D eigenvalue weighted by atomic mass is 10.2. The summed E-state index contributed by atoms with van der Waals surface area (Å²) in [5.41, 5.74) is 1.01. The number of likely N-dealkylation sites (tertiary alicyclic amines) is 1. The maximum absolute atomic E-state index is 12.8. The predicted octanol–water partition coefficient (Wildman–Crippen LogP) is 2.31. The van der Waals surface area contributed by atoms with Gasteiger partial charge in [-0.25, -0.2) is 0 Å². The fraction of sp³-hybridized carbons (Fsp3) is 0.619. The number of anilines is 1. The summed E-state index contributed by atoms with van der Waals surface area (Å²) in [5, 5.41) is 9.52. The first-order valence-corrected chi connectivity index (χ1v) is 11.9. The Morgan fingerprint density at radius 2 is 1.90 bits per heavy atom. The summed E-state index contributed by atoms with van der Waals surface area (Å²) < 4.78 is 7.55. The Hall–Kier alpha value is -2.33. The number of nitrogens with one attached hydrogen (secondary N) is 1. The predicted molar refractivity (Wildman–Crippen MR) is 119 cm³/mol. The van der Waals surface area contributed by atoms with Crippen LogP contribution in [0.2, 0.25) is 0 Å². The Bertz CT molecular complexity index is 912. The molecule has 2 aliphatic rings.